The molecule has 0 aromatic heterocycles. The lowest BCUT2D eigenvalue weighted by Crippen LogP contribution is -2.33. The van der Waals surface area contributed by atoms with Gasteiger partial charge in [0.05, 0.1) is 0 Å². The van der Waals surface area contributed by atoms with E-state index in [4.69, 9.17) is 4.74 Å². The van der Waals surface area contributed by atoms with Crippen LogP contribution in [0.15, 0.2) is 9.84 Å². The van der Waals surface area contributed by atoms with Crippen LogP contribution in [0.1, 0.15) is 47.0 Å². The number of hydrogen-bond donors (Lipinski definition) is 0. The number of halogens is 1. The van der Waals surface area contributed by atoms with Crippen LogP contribution in [-0.4, -0.2) is 6.10 Å². The molecule has 1 aliphatic rings. The Balaban J connectivity index is 2.62. The number of allylic oxidation sites excluding steroid dienone is 1. The molecule has 0 heterocycles. The van der Waals surface area contributed by atoms with E-state index in [9.17, 15) is 0 Å². The zero-order valence-corrected chi connectivity index (χ0v) is 12.5. The molecule has 1 rings (SSSR count). The molecule has 2 heteroatoms. The first-order valence-corrected chi connectivity index (χ1v) is 7.11. The highest BCUT2D eigenvalue weighted by molar-refractivity contribution is 14.1. The summed E-state index contributed by atoms with van der Waals surface area (Å²) in [6.45, 7) is 9.02. The zero-order chi connectivity index (χ0) is 11.4. The van der Waals surface area contributed by atoms with Crippen LogP contribution in [-0.2, 0) is 4.74 Å². The molecule has 0 spiro atoms. The average molecular weight is 322 g/mol. The van der Waals surface area contributed by atoms with Crippen molar-refractivity contribution >= 4 is 22.6 Å². The molecule has 0 aromatic rings. The fourth-order valence-electron chi connectivity index (χ4n) is 2.46. The van der Waals surface area contributed by atoms with E-state index in [-0.39, 0.29) is 0 Å². The van der Waals surface area contributed by atoms with Gasteiger partial charge in [0.1, 0.15) is 6.10 Å². The van der Waals surface area contributed by atoms with Gasteiger partial charge in [-0.25, -0.2) is 0 Å². The normalized spacial score (nSPS) is 33.2. The van der Waals surface area contributed by atoms with Crippen LogP contribution in [0.3, 0.4) is 0 Å². The third-order valence-corrected chi connectivity index (χ3v) is 4.33. The number of hydrogen-bond acceptors (Lipinski definition) is 1. The minimum absolute atomic E-state index is 0.442. The molecule has 0 unspecified atom stereocenters. The average Bonchev–Trinajstić information content (AvgIpc) is 2.17. The molecular formula is C13H23IO. The van der Waals surface area contributed by atoms with Crippen LogP contribution in [0.4, 0.5) is 0 Å². The summed E-state index contributed by atoms with van der Waals surface area (Å²) in [7, 11) is 0. The molecule has 1 aliphatic carbocycles. The predicted molar refractivity (Wildman–Crippen MR) is 74.0 cm³/mol. The second kappa shape index (κ2) is 6.12. The largest absolute Gasteiger partial charge is 0.485 e. The van der Waals surface area contributed by atoms with E-state index in [1.807, 2.05) is 6.92 Å². The van der Waals surface area contributed by atoms with E-state index in [1.165, 1.54) is 19.3 Å². The van der Waals surface area contributed by atoms with E-state index in [0.717, 1.165) is 21.5 Å². The lowest BCUT2D eigenvalue weighted by Gasteiger charge is -2.37. The smallest absolute Gasteiger partial charge is 0.152 e. The molecular weight excluding hydrogens is 299 g/mol. The van der Waals surface area contributed by atoms with Gasteiger partial charge < -0.3 is 4.74 Å². The van der Waals surface area contributed by atoms with Crippen molar-refractivity contribution in [1.29, 1.82) is 0 Å². The Morgan fingerprint density at radius 1 is 1.40 bits per heavy atom. The van der Waals surface area contributed by atoms with Crippen molar-refractivity contribution in [1.82, 2.24) is 0 Å². The first-order chi connectivity index (χ1) is 7.04. The molecule has 0 saturated heterocycles. The molecule has 0 aromatic carbocycles. The SMILES string of the molecule is C/C=C(/I)O[C@@H]1C[C@H](C)CC[C@H]1C(C)C. The highest BCUT2D eigenvalue weighted by Crippen LogP contribution is 2.36. The van der Waals surface area contributed by atoms with Crippen LogP contribution >= 0.6 is 22.6 Å². The maximum Gasteiger partial charge on any atom is 0.152 e. The fourth-order valence-corrected chi connectivity index (χ4v) is 2.79. The molecule has 1 fully saturated rings. The molecule has 3 atom stereocenters. The summed E-state index contributed by atoms with van der Waals surface area (Å²) in [5.41, 5.74) is 0. The minimum Gasteiger partial charge on any atom is -0.485 e. The summed E-state index contributed by atoms with van der Waals surface area (Å²) in [5, 5.41) is 0. The molecule has 0 bridgehead atoms. The highest BCUT2D eigenvalue weighted by Gasteiger charge is 2.32. The second-order valence-electron chi connectivity index (χ2n) is 5.08. The van der Waals surface area contributed by atoms with Crippen molar-refractivity contribution < 1.29 is 4.74 Å². The minimum atomic E-state index is 0.442. The Bertz CT molecular complexity index is 223. The molecule has 0 aliphatic heterocycles. The molecule has 0 radical (unpaired) electrons. The van der Waals surface area contributed by atoms with Crippen LogP contribution in [0, 0.1) is 17.8 Å². The van der Waals surface area contributed by atoms with Crippen molar-refractivity contribution in [2.75, 3.05) is 0 Å². The summed E-state index contributed by atoms with van der Waals surface area (Å²) in [5.74, 6) is 2.31. The summed E-state index contributed by atoms with van der Waals surface area (Å²) in [4.78, 5) is 0. The summed E-state index contributed by atoms with van der Waals surface area (Å²) in [6.07, 6.45) is 6.42. The van der Waals surface area contributed by atoms with Crippen LogP contribution in [0.5, 0.6) is 0 Å². The molecule has 88 valence electrons. The Kier molecular flexibility index (Phi) is 5.44. The van der Waals surface area contributed by atoms with Gasteiger partial charge in [-0.15, -0.1) is 0 Å². The number of ether oxygens (including phenoxy) is 1. The van der Waals surface area contributed by atoms with Crippen LogP contribution in [0.2, 0.25) is 0 Å². The third kappa shape index (κ3) is 3.97. The predicted octanol–water partition coefficient (Wildman–Crippen LogP) is 4.76. The van der Waals surface area contributed by atoms with Gasteiger partial charge in [0.2, 0.25) is 0 Å². The van der Waals surface area contributed by atoms with Gasteiger partial charge in [-0.1, -0.05) is 27.2 Å². The fraction of sp³-hybridized carbons (Fsp3) is 0.846. The van der Waals surface area contributed by atoms with E-state index < -0.39 is 0 Å². The standard InChI is InChI=1S/C13H23IO/c1-5-13(14)15-12-8-10(4)6-7-11(12)9(2)3/h5,9-12H,6-8H2,1-4H3/b13-5-/t10-,11+,12-/m1/s1. The first kappa shape index (κ1) is 13.3. The number of rotatable bonds is 3. The quantitative estimate of drug-likeness (QED) is 0.538. The lowest BCUT2D eigenvalue weighted by atomic mass is 9.75. The Morgan fingerprint density at radius 2 is 2.07 bits per heavy atom. The Labute approximate surface area is 108 Å². The Hall–Kier alpha value is 0.270. The first-order valence-electron chi connectivity index (χ1n) is 6.03. The van der Waals surface area contributed by atoms with Gasteiger partial charge in [-0.05, 0) is 66.2 Å². The Morgan fingerprint density at radius 3 is 2.60 bits per heavy atom. The molecule has 0 N–H and O–H groups in total. The maximum atomic E-state index is 6.03. The third-order valence-electron chi connectivity index (χ3n) is 3.45. The highest BCUT2D eigenvalue weighted by atomic mass is 127. The van der Waals surface area contributed by atoms with Gasteiger partial charge in [-0.3, -0.25) is 0 Å². The topological polar surface area (TPSA) is 9.23 Å². The van der Waals surface area contributed by atoms with Crippen molar-refractivity contribution in [3.63, 3.8) is 0 Å². The second-order valence-corrected chi connectivity index (χ2v) is 6.14. The van der Waals surface area contributed by atoms with Gasteiger partial charge in [-0.2, -0.15) is 0 Å². The zero-order valence-electron chi connectivity index (χ0n) is 10.3. The van der Waals surface area contributed by atoms with Crippen LogP contribution < -0.4 is 0 Å². The van der Waals surface area contributed by atoms with Crippen molar-refractivity contribution in [3.8, 4) is 0 Å². The van der Waals surface area contributed by atoms with Crippen molar-refractivity contribution in [2.45, 2.75) is 53.1 Å². The van der Waals surface area contributed by atoms with Crippen molar-refractivity contribution in [3.05, 3.63) is 9.84 Å². The summed E-state index contributed by atoms with van der Waals surface area (Å²) in [6, 6.07) is 0. The van der Waals surface area contributed by atoms with E-state index >= 15 is 0 Å². The maximum absolute atomic E-state index is 6.03. The molecule has 1 saturated carbocycles. The van der Waals surface area contributed by atoms with E-state index in [0.29, 0.717) is 6.10 Å². The van der Waals surface area contributed by atoms with Crippen LogP contribution in [0.25, 0.3) is 0 Å². The van der Waals surface area contributed by atoms with Crippen molar-refractivity contribution in [2.24, 2.45) is 17.8 Å². The van der Waals surface area contributed by atoms with Gasteiger partial charge in [0, 0.05) is 0 Å². The van der Waals surface area contributed by atoms with Gasteiger partial charge in [0.25, 0.3) is 0 Å². The molecule has 15 heavy (non-hydrogen) atoms. The molecule has 1 nitrogen and oxygen atoms in total. The summed E-state index contributed by atoms with van der Waals surface area (Å²) >= 11 is 2.29. The van der Waals surface area contributed by atoms with Gasteiger partial charge in [0.15, 0.2) is 3.77 Å². The monoisotopic (exact) mass is 322 g/mol. The van der Waals surface area contributed by atoms with Gasteiger partial charge >= 0.3 is 0 Å². The lowest BCUT2D eigenvalue weighted by molar-refractivity contribution is 0.0112. The molecule has 0 amide bonds. The van der Waals surface area contributed by atoms with E-state index in [2.05, 4.69) is 49.4 Å². The van der Waals surface area contributed by atoms with E-state index in [1.54, 1.807) is 0 Å². The summed E-state index contributed by atoms with van der Waals surface area (Å²) < 4.78 is 7.09.